The molecule has 0 fully saturated rings. The normalized spacial score (nSPS) is 9.08. The van der Waals surface area contributed by atoms with Gasteiger partial charge in [0.25, 0.3) is 0 Å². The largest absolute Gasteiger partial charge is 0.326 e. The molecule has 2 N–H and O–H groups in total. The van der Waals surface area contributed by atoms with E-state index < -0.39 is 0 Å². The molecular weight excluding hydrogens is 158 g/mol. The van der Waals surface area contributed by atoms with Crippen molar-refractivity contribution < 1.29 is 0 Å². The summed E-state index contributed by atoms with van der Waals surface area (Å²) in [5.74, 6) is 6.21. The molecule has 0 radical (unpaired) electrons. The van der Waals surface area contributed by atoms with Crippen LogP contribution < -0.4 is 5.73 Å². The zero-order chi connectivity index (χ0) is 9.52. The Hall–Kier alpha value is -1.26. The molecule has 1 rings (SSSR count). The third-order valence-corrected chi connectivity index (χ3v) is 1.80. The van der Waals surface area contributed by atoms with Gasteiger partial charge in [-0.2, -0.15) is 0 Å². The Bertz CT molecular complexity index is 300. The summed E-state index contributed by atoms with van der Waals surface area (Å²) in [6, 6.07) is 8.08. The Morgan fingerprint density at radius 2 is 1.92 bits per heavy atom. The van der Waals surface area contributed by atoms with Gasteiger partial charge in [0.2, 0.25) is 0 Å². The number of benzene rings is 1. The van der Waals surface area contributed by atoms with Crippen molar-refractivity contribution in [1.82, 2.24) is 0 Å². The topological polar surface area (TPSA) is 26.0 Å². The van der Waals surface area contributed by atoms with E-state index >= 15 is 0 Å². The first kappa shape index (κ1) is 9.83. The minimum absolute atomic E-state index is 0.600. The molecule has 0 amide bonds. The lowest BCUT2D eigenvalue weighted by Crippen LogP contribution is -1.95. The van der Waals surface area contributed by atoms with Gasteiger partial charge in [0, 0.05) is 18.5 Å². The van der Waals surface area contributed by atoms with E-state index in [2.05, 4.69) is 18.8 Å². The number of hydrogen-bond acceptors (Lipinski definition) is 1. The highest BCUT2D eigenvalue weighted by Gasteiger charge is 1.88. The van der Waals surface area contributed by atoms with Crippen molar-refractivity contribution >= 4 is 0 Å². The molecule has 1 aromatic rings. The van der Waals surface area contributed by atoms with E-state index in [0.717, 1.165) is 24.0 Å². The van der Waals surface area contributed by atoms with Crippen molar-refractivity contribution in [3.05, 3.63) is 35.4 Å². The first-order valence-electron chi connectivity index (χ1n) is 4.64. The minimum atomic E-state index is 0.600. The molecule has 0 saturated carbocycles. The highest BCUT2D eigenvalue weighted by atomic mass is 14.5. The molecule has 0 bridgehead atoms. The second-order valence-corrected chi connectivity index (χ2v) is 2.95. The molecule has 13 heavy (non-hydrogen) atoms. The average Bonchev–Trinajstić information content (AvgIpc) is 2.19. The number of unbranched alkanes of at least 4 members (excludes halogenated alkanes) is 1. The summed E-state index contributed by atoms with van der Waals surface area (Å²) in [5.41, 5.74) is 7.71. The third-order valence-electron chi connectivity index (χ3n) is 1.80. The Morgan fingerprint density at radius 1 is 1.23 bits per heavy atom. The van der Waals surface area contributed by atoms with Gasteiger partial charge in [-0.1, -0.05) is 30.9 Å². The summed E-state index contributed by atoms with van der Waals surface area (Å²) in [6.45, 7) is 2.73. The SMILES string of the molecule is CCCC#Cc1ccc(CN)cc1. The fourth-order valence-electron chi connectivity index (χ4n) is 1.01. The quantitative estimate of drug-likeness (QED) is 0.682. The Morgan fingerprint density at radius 3 is 2.46 bits per heavy atom. The second kappa shape index (κ2) is 5.40. The first-order valence-corrected chi connectivity index (χ1v) is 4.64. The molecule has 0 aliphatic heterocycles. The zero-order valence-electron chi connectivity index (χ0n) is 8.01. The van der Waals surface area contributed by atoms with E-state index in [0.29, 0.717) is 6.54 Å². The van der Waals surface area contributed by atoms with E-state index in [1.54, 1.807) is 0 Å². The highest BCUT2D eigenvalue weighted by molar-refractivity contribution is 5.35. The van der Waals surface area contributed by atoms with Gasteiger partial charge in [-0.05, 0) is 24.1 Å². The summed E-state index contributed by atoms with van der Waals surface area (Å²) in [5, 5.41) is 0. The van der Waals surface area contributed by atoms with Crippen LogP contribution >= 0.6 is 0 Å². The standard InChI is InChI=1S/C12H15N/c1-2-3-4-5-11-6-8-12(10-13)9-7-11/h6-9H,2-3,10,13H2,1H3. The Labute approximate surface area is 80.0 Å². The van der Waals surface area contributed by atoms with Gasteiger partial charge in [-0.15, -0.1) is 0 Å². The van der Waals surface area contributed by atoms with E-state index in [1.165, 1.54) is 0 Å². The zero-order valence-corrected chi connectivity index (χ0v) is 8.01. The van der Waals surface area contributed by atoms with Crippen LogP contribution in [-0.2, 0) is 6.54 Å². The summed E-state index contributed by atoms with van der Waals surface area (Å²) >= 11 is 0. The van der Waals surface area contributed by atoms with E-state index in [-0.39, 0.29) is 0 Å². The number of rotatable bonds is 2. The molecule has 1 heteroatoms. The summed E-state index contributed by atoms with van der Waals surface area (Å²) < 4.78 is 0. The van der Waals surface area contributed by atoms with Crippen LogP contribution in [0.3, 0.4) is 0 Å². The summed E-state index contributed by atoms with van der Waals surface area (Å²) in [4.78, 5) is 0. The summed E-state index contributed by atoms with van der Waals surface area (Å²) in [7, 11) is 0. The van der Waals surface area contributed by atoms with Gasteiger partial charge in [-0.3, -0.25) is 0 Å². The van der Waals surface area contributed by atoms with E-state index in [1.807, 2.05) is 24.3 Å². The van der Waals surface area contributed by atoms with Crippen molar-refractivity contribution in [2.45, 2.75) is 26.3 Å². The third kappa shape index (κ3) is 3.31. The van der Waals surface area contributed by atoms with Crippen LogP contribution in [0.2, 0.25) is 0 Å². The van der Waals surface area contributed by atoms with Gasteiger partial charge in [-0.25, -0.2) is 0 Å². The van der Waals surface area contributed by atoms with Crippen LogP contribution in [-0.4, -0.2) is 0 Å². The molecule has 68 valence electrons. The molecule has 1 aromatic carbocycles. The smallest absolute Gasteiger partial charge is 0.0245 e. The molecule has 0 aliphatic rings. The van der Waals surface area contributed by atoms with Gasteiger partial charge in [0.05, 0.1) is 0 Å². The molecule has 0 spiro atoms. The molecule has 1 nitrogen and oxygen atoms in total. The first-order chi connectivity index (χ1) is 6.36. The maximum atomic E-state index is 5.49. The maximum absolute atomic E-state index is 5.49. The Kier molecular flexibility index (Phi) is 4.08. The van der Waals surface area contributed by atoms with E-state index in [4.69, 9.17) is 5.73 Å². The van der Waals surface area contributed by atoms with Crippen LogP contribution in [0.1, 0.15) is 30.9 Å². The molecule has 0 heterocycles. The lowest BCUT2D eigenvalue weighted by atomic mass is 10.1. The van der Waals surface area contributed by atoms with Gasteiger partial charge in [0.15, 0.2) is 0 Å². The second-order valence-electron chi connectivity index (χ2n) is 2.95. The predicted octanol–water partition coefficient (Wildman–Crippen LogP) is 2.30. The van der Waals surface area contributed by atoms with Crippen LogP contribution in [0.15, 0.2) is 24.3 Å². The van der Waals surface area contributed by atoms with Crippen molar-refractivity contribution in [2.24, 2.45) is 5.73 Å². The molecule has 0 aliphatic carbocycles. The van der Waals surface area contributed by atoms with Crippen molar-refractivity contribution in [3.8, 4) is 11.8 Å². The van der Waals surface area contributed by atoms with E-state index in [9.17, 15) is 0 Å². The fourth-order valence-corrected chi connectivity index (χ4v) is 1.01. The molecule has 0 atom stereocenters. The molecule has 0 saturated heterocycles. The Balaban J connectivity index is 2.65. The molecular formula is C12H15N. The van der Waals surface area contributed by atoms with Crippen LogP contribution in [0.4, 0.5) is 0 Å². The average molecular weight is 173 g/mol. The number of nitrogens with two attached hydrogens (primary N) is 1. The van der Waals surface area contributed by atoms with Gasteiger partial charge in [0.1, 0.15) is 0 Å². The van der Waals surface area contributed by atoms with Gasteiger partial charge < -0.3 is 5.73 Å². The lowest BCUT2D eigenvalue weighted by Gasteiger charge is -1.94. The lowest BCUT2D eigenvalue weighted by molar-refractivity contribution is 0.983. The monoisotopic (exact) mass is 173 g/mol. The maximum Gasteiger partial charge on any atom is 0.0245 e. The minimum Gasteiger partial charge on any atom is -0.326 e. The van der Waals surface area contributed by atoms with Crippen LogP contribution in [0.25, 0.3) is 0 Å². The molecule has 0 unspecified atom stereocenters. The van der Waals surface area contributed by atoms with Crippen LogP contribution in [0.5, 0.6) is 0 Å². The number of hydrogen-bond donors (Lipinski definition) is 1. The highest BCUT2D eigenvalue weighted by Crippen LogP contribution is 2.02. The predicted molar refractivity (Wildman–Crippen MR) is 56.1 cm³/mol. The van der Waals surface area contributed by atoms with Crippen molar-refractivity contribution in [2.75, 3.05) is 0 Å². The summed E-state index contributed by atoms with van der Waals surface area (Å²) in [6.07, 6.45) is 2.09. The van der Waals surface area contributed by atoms with Crippen molar-refractivity contribution in [1.29, 1.82) is 0 Å². The molecule has 0 aromatic heterocycles. The van der Waals surface area contributed by atoms with Gasteiger partial charge >= 0.3 is 0 Å². The van der Waals surface area contributed by atoms with Crippen molar-refractivity contribution in [3.63, 3.8) is 0 Å². The fraction of sp³-hybridized carbons (Fsp3) is 0.333. The van der Waals surface area contributed by atoms with Crippen LogP contribution in [0, 0.1) is 11.8 Å².